The summed E-state index contributed by atoms with van der Waals surface area (Å²) in [6.07, 6.45) is 0.500. The van der Waals surface area contributed by atoms with Gasteiger partial charge in [-0.05, 0) is 36.5 Å². The molecule has 0 aliphatic carbocycles. The summed E-state index contributed by atoms with van der Waals surface area (Å²) in [6.45, 7) is 10.1. The van der Waals surface area contributed by atoms with Crippen LogP contribution in [0.5, 0.6) is 0 Å². The molecule has 0 aliphatic heterocycles. The van der Waals surface area contributed by atoms with Gasteiger partial charge in [0.2, 0.25) is 5.91 Å². The van der Waals surface area contributed by atoms with Crippen molar-refractivity contribution in [3.63, 3.8) is 0 Å². The van der Waals surface area contributed by atoms with Crippen LogP contribution in [-0.4, -0.2) is 5.91 Å². The Kier molecular flexibility index (Phi) is 3.81. The predicted octanol–water partition coefficient (Wildman–Crippen LogP) is 3.26. The van der Waals surface area contributed by atoms with Crippen LogP contribution in [0.1, 0.15) is 38.3 Å². The first kappa shape index (κ1) is 13.6. The second kappa shape index (κ2) is 4.78. The fourth-order valence-corrected chi connectivity index (χ4v) is 1.68. The molecule has 0 heterocycles. The Balaban J connectivity index is 2.82. The molecule has 3 nitrogen and oxygen atoms in total. The first-order valence-corrected chi connectivity index (χ1v) is 5.85. The molecule has 0 atom stereocenters. The van der Waals surface area contributed by atoms with Gasteiger partial charge >= 0.3 is 0 Å². The smallest absolute Gasteiger partial charge is 0.224 e. The van der Waals surface area contributed by atoms with Crippen molar-refractivity contribution >= 4 is 17.3 Å². The van der Waals surface area contributed by atoms with Gasteiger partial charge in [-0.25, -0.2) is 0 Å². The molecule has 1 amide bonds. The molecule has 0 fully saturated rings. The maximum absolute atomic E-state index is 11.8. The zero-order chi connectivity index (χ0) is 13.2. The van der Waals surface area contributed by atoms with Crippen LogP contribution in [0, 0.1) is 19.3 Å². The predicted molar refractivity (Wildman–Crippen MR) is 73.0 cm³/mol. The van der Waals surface area contributed by atoms with E-state index < -0.39 is 0 Å². The monoisotopic (exact) mass is 234 g/mol. The first-order chi connectivity index (χ1) is 7.69. The molecule has 0 radical (unpaired) electrons. The SMILES string of the molecule is Cc1cc(C)c(NC(=O)CC(C)(C)C)cc1N. The standard InChI is InChI=1S/C14H22N2O/c1-9-6-10(2)12(7-11(9)15)16-13(17)8-14(3,4)5/h6-7H,8,15H2,1-5H3,(H,16,17). The minimum absolute atomic E-state index is 0.00572. The Bertz CT molecular complexity index is 431. The summed E-state index contributed by atoms with van der Waals surface area (Å²) in [5, 5.41) is 2.92. The number of aryl methyl sites for hydroxylation is 2. The van der Waals surface area contributed by atoms with Crippen molar-refractivity contribution in [3.8, 4) is 0 Å². The Morgan fingerprint density at radius 2 is 1.82 bits per heavy atom. The molecular weight excluding hydrogens is 212 g/mol. The van der Waals surface area contributed by atoms with E-state index >= 15 is 0 Å². The van der Waals surface area contributed by atoms with Crippen LogP contribution >= 0.6 is 0 Å². The van der Waals surface area contributed by atoms with E-state index in [9.17, 15) is 4.79 Å². The highest BCUT2D eigenvalue weighted by molar-refractivity contribution is 5.92. The van der Waals surface area contributed by atoms with Gasteiger partial charge in [0.25, 0.3) is 0 Å². The molecule has 1 aromatic carbocycles. The van der Waals surface area contributed by atoms with E-state index in [0.29, 0.717) is 12.1 Å². The van der Waals surface area contributed by atoms with Gasteiger partial charge in [0.1, 0.15) is 0 Å². The van der Waals surface area contributed by atoms with Gasteiger partial charge in [0, 0.05) is 17.8 Å². The summed E-state index contributed by atoms with van der Waals surface area (Å²) in [5.74, 6) is 0.0313. The lowest BCUT2D eigenvalue weighted by molar-refractivity contribution is -0.117. The van der Waals surface area contributed by atoms with E-state index in [0.717, 1.165) is 16.8 Å². The lowest BCUT2D eigenvalue weighted by atomic mass is 9.92. The summed E-state index contributed by atoms with van der Waals surface area (Å²) < 4.78 is 0. The lowest BCUT2D eigenvalue weighted by Crippen LogP contribution is -2.20. The number of benzene rings is 1. The number of carbonyl (C=O) groups excluding carboxylic acids is 1. The second-order valence-electron chi connectivity index (χ2n) is 5.81. The zero-order valence-corrected chi connectivity index (χ0v) is 11.3. The molecular formula is C14H22N2O. The topological polar surface area (TPSA) is 55.1 Å². The molecule has 0 unspecified atom stereocenters. The highest BCUT2D eigenvalue weighted by atomic mass is 16.1. The molecule has 3 N–H and O–H groups in total. The minimum Gasteiger partial charge on any atom is -0.398 e. The highest BCUT2D eigenvalue weighted by Crippen LogP contribution is 2.24. The number of carbonyl (C=O) groups is 1. The quantitative estimate of drug-likeness (QED) is 0.772. The van der Waals surface area contributed by atoms with Crippen molar-refractivity contribution in [3.05, 3.63) is 23.3 Å². The van der Waals surface area contributed by atoms with Crippen LogP contribution in [0.3, 0.4) is 0 Å². The molecule has 0 aromatic heterocycles. The molecule has 3 heteroatoms. The van der Waals surface area contributed by atoms with Crippen LogP contribution in [0.4, 0.5) is 11.4 Å². The van der Waals surface area contributed by atoms with E-state index in [-0.39, 0.29) is 11.3 Å². The van der Waals surface area contributed by atoms with Gasteiger partial charge < -0.3 is 11.1 Å². The van der Waals surface area contributed by atoms with Gasteiger partial charge in [-0.3, -0.25) is 4.79 Å². The van der Waals surface area contributed by atoms with E-state index in [2.05, 4.69) is 5.32 Å². The maximum Gasteiger partial charge on any atom is 0.224 e. The van der Waals surface area contributed by atoms with Crippen molar-refractivity contribution in [2.24, 2.45) is 5.41 Å². The molecule has 1 aromatic rings. The summed E-state index contributed by atoms with van der Waals surface area (Å²) in [6, 6.07) is 3.81. The van der Waals surface area contributed by atoms with Gasteiger partial charge in [0.05, 0.1) is 0 Å². The van der Waals surface area contributed by atoms with Gasteiger partial charge in [-0.1, -0.05) is 26.8 Å². The fraction of sp³-hybridized carbons (Fsp3) is 0.500. The number of hydrogen-bond donors (Lipinski definition) is 2. The molecule has 94 valence electrons. The number of amides is 1. The zero-order valence-electron chi connectivity index (χ0n) is 11.3. The lowest BCUT2D eigenvalue weighted by Gasteiger charge is -2.18. The Labute approximate surface area is 103 Å². The maximum atomic E-state index is 11.8. The third-order valence-electron chi connectivity index (χ3n) is 2.58. The van der Waals surface area contributed by atoms with Crippen molar-refractivity contribution in [1.29, 1.82) is 0 Å². The summed E-state index contributed by atoms with van der Waals surface area (Å²) in [4.78, 5) is 11.8. The van der Waals surface area contributed by atoms with Crippen molar-refractivity contribution in [1.82, 2.24) is 0 Å². The van der Waals surface area contributed by atoms with Gasteiger partial charge in [0.15, 0.2) is 0 Å². The van der Waals surface area contributed by atoms with E-state index in [4.69, 9.17) is 5.73 Å². The Morgan fingerprint density at radius 3 is 2.35 bits per heavy atom. The average molecular weight is 234 g/mol. The minimum atomic E-state index is -0.00572. The normalized spacial score (nSPS) is 11.4. The summed E-state index contributed by atoms with van der Waals surface area (Å²) >= 11 is 0. The van der Waals surface area contributed by atoms with Crippen molar-refractivity contribution in [2.75, 3.05) is 11.1 Å². The number of nitrogen functional groups attached to an aromatic ring is 1. The highest BCUT2D eigenvalue weighted by Gasteiger charge is 2.16. The van der Waals surface area contributed by atoms with Crippen LogP contribution in [0.2, 0.25) is 0 Å². The number of rotatable bonds is 2. The largest absolute Gasteiger partial charge is 0.398 e. The van der Waals surface area contributed by atoms with Crippen molar-refractivity contribution in [2.45, 2.75) is 41.0 Å². The first-order valence-electron chi connectivity index (χ1n) is 5.85. The summed E-state index contributed by atoms with van der Waals surface area (Å²) in [7, 11) is 0. The average Bonchev–Trinajstić information content (AvgIpc) is 2.11. The molecule has 0 aliphatic rings. The molecule has 0 saturated carbocycles. The summed E-state index contributed by atoms with van der Waals surface area (Å²) in [5.41, 5.74) is 9.43. The Morgan fingerprint density at radius 1 is 1.24 bits per heavy atom. The third kappa shape index (κ3) is 4.10. The molecule has 0 saturated heterocycles. The molecule has 0 spiro atoms. The van der Waals surface area contributed by atoms with Crippen LogP contribution in [-0.2, 0) is 4.79 Å². The van der Waals surface area contributed by atoms with Crippen LogP contribution in [0.15, 0.2) is 12.1 Å². The fourth-order valence-electron chi connectivity index (χ4n) is 1.68. The molecule has 17 heavy (non-hydrogen) atoms. The van der Waals surface area contributed by atoms with E-state index in [1.165, 1.54) is 0 Å². The van der Waals surface area contributed by atoms with Crippen LogP contribution in [0.25, 0.3) is 0 Å². The van der Waals surface area contributed by atoms with E-state index in [1.807, 2.05) is 46.8 Å². The van der Waals surface area contributed by atoms with Gasteiger partial charge in [-0.15, -0.1) is 0 Å². The van der Waals surface area contributed by atoms with Crippen molar-refractivity contribution < 1.29 is 4.79 Å². The second-order valence-corrected chi connectivity index (χ2v) is 5.81. The Hall–Kier alpha value is -1.51. The molecule has 1 rings (SSSR count). The van der Waals surface area contributed by atoms with Crippen LogP contribution < -0.4 is 11.1 Å². The van der Waals surface area contributed by atoms with Gasteiger partial charge in [-0.2, -0.15) is 0 Å². The number of hydrogen-bond acceptors (Lipinski definition) is 2. The number of nitrogens with two attached hydrogens (primary N) is 1. The van der Waals surface area contributed by atoms with E-state index in [1.54, 1.807) is 0 Å². The molecule has 0 bridgehead atoms. The number of nitrogens with one attached hydrogen (secondary N) is 1. The third-order valence-corrected chi connectivity index (χ3v) is 2.58. The number of anilines is 2.